The smallest absolute Gasteiger partial charge is 0.191 e. The zero-order valence-corrected chi connectivity index (χ0v) is 15.3. The molecule has 0 fully saturated rings. The summed E-state index contributed by atoms with van der Waals surface area (Å²) < 4.78 is 15.5. The third-order valence-electron chi connectivity index (χ3n) is 4.50. The van der Waals surface area contributed by atoms with E-state index in [9.17, 15) is 4.39 Å². The van der Waals surface area contributed by atoms with Crippen molar-refractivity contribution >= 4 is 5.96 Å². The molecule has 1 aliphatic rings. The Labute approximate surface area is 153 Å². The highest BCUT2D eigenvalue weighted by Gasteiger charge is 2.14. The largest absolute Gasteiger partial charge is 0.357 e. The van der Waals surface area contributed by atoms with E-state index < -0.39 is 0 Å². The van der Waals surface area contributed by atoms with Crippen LogP contribution in [-0.2, 0) is 25.9 Å². The molecular weight excluding hydrogens is 331 g/mol. The summed E-state index contributed by atoms with van der Waals surface area (Å²) in [6.07, 6.45) is 5.35. The Bertz CT molecular complexity index is 739. The van der Waals surface area contributed by atoms with Crippen LogP contribution in [0, 0.1) is 5.82 Å². The van der Waals surface area contributed by atoms with Crippen molar-refractivity contribution < 1.29 is 4.39 Å². The number of aliphatic imine (C=N–C) groups is 1. The van der Waals surface area contributed by atoms with Crippen molar-refractivity contribution in [3.8, 4) is 0 Å². The van der Waals surface area contributed by atoms with Crippen molar-refractivity contribution in [1.29, 1.82) is 0 Å². The Balaban J connectivity index is 1.58. The summed E-state index contributed by atoms with van der Waals surface area (Å²) in [7, 11) is 0. The number of rotatable bonds is 6. The van der Waals surface area contributed by atoms with Crippen molar-refractivity contribution in [2.75, 3.05) is 13.1 Å². The van der Waals surface area contributed by atoms with Crippen LogP contribution < -0.4 is 10.6 Å². The molecule has 0 bridgehead atoms. The number of halogens is 1. The van der Waals surface area contributed by atoms with Gasteiger partial charge in [0.2, 0.25) is 0 Å². The Kier molecular flexibility index (Phi) is 6.57. The molecule has 0 unspecified atom stereocenters. The molecule has 2 aromatic rings. The van der Waals surface area contributed by atoms with Crippen LogP contribution in [0.4, 0.5) is 4.39 Å². The molecule has 2 heterocycles. The number of aromatic nitrogens is 3. The van der Waals surface area contributed by atoms with Gasteiger partial charge in [-0.25, -0.2) is 9.38 Å². The number of fused-ring (bicyclic) bond motifs is 1. The molecule has 140 valence electrons. The second-order valence-corrected chi connectivity index (χ2v) is 6.50. The van der Waals surface area contributed by atoms with Crippen LogP contribution in [0.3, 0.4) is 0 Å². The predicted molar refractivity (Wildman–Crippen MR) is 100 cm³/mol. The molecule has 1 aromatic heterocycles. The van der Waals surface area contributed by atoms with Crippen LogP contribution in [0.5, 0.6) is 0 Å². The molecule has 0 spiro atoms. The number of nitrogens with zero attached hydrogens (tertiary/aromatic N) is 4. The minimum absolute atomic E-state index is 0.199. The van der Waals surface area contributed by atoms with E-state index in [1.165, 1.54) is 25.3 Å². The maximum atomic E-state index is 13.2. The van der Waals surface area contributed by atoms with E-state index in [1.807, 2.05) is 13.0 Å². The van der Waals surface area contributed by atoms with Crippen LogP contribution in [0.2, 0.25) is 0 Å². The van der Waals surface area contributed by atoms with Gasteiger partial charge >= 0.3 is 0 Å². The summed E-state index contributed by atoms with van der Waals surface area (Å²) in [5, 5.41) is 15.2. The fourth-order valence-electron chi connectivity index (χ4n) is 3.17. The first-order valence-electron chi connectivity index (χ1n) is 9.44. The van der Waals surface area contributed by atoms with Gasteiger partial charge in [0.1, 0.15) is 18.2 Å². The number of hydrogen-bond acceptors (Lipinski definition) is 3. The first-order valence-corrected chi connectivity index (χ1v) is 9.44. The van der Waals surface area contributed by atoms with Gasteiger partial charge in [0, 0.05) is 26.1 Å². The van der Waals surface area contributed by atoms with Crippen molar-refractivity contribution in [3.63, 3.8) is 0 Å². The van der Waals surface area contributed by atoms with Crippen LogP contribution in [-0.4, -0.2) is 33.8 Å². The number of nitrogens with one attached hydrogen (secondary N) is 2. The average Bonchev–Trinajstić information content (AvgIpc) is 2.86. The standard InChI is InChI=1S/C19H27FN6/c1-2-21-19(22-11-10-15-7-6-8-16(20)13-15)23-14-18-25-24-17-9-4-3-5-12-26(17)18/h6-8,13H,2-5,9-12,14H2,1H3,(H2,21,22,23). The molecule has 26 heavy (non-hydrogen) atoms. The van der Waals surface area contributed by atoms with Crippen LogP contribution in [0.25, 0.3) is 0 Å². The number of hydrogen-bond donors (Lipinski definition) is 2. The molecule has 3 rings (SSSR count). The summed E-state index contributed by atoms with van der Waals surface area (Å²) in [6, 6.07) is 6.70. The van der Waals surface area contributed by atoms with Gasteiger partial charge in [0.25, 0.3) is 0 Å². The minimum Gasteiger partial charge on any atom is -0.357 e. The predicted octanol–water partition coefficient (Wildman–Crippen LogP) is 2.44. The van der Waals surface area contributed by atoms with Gasteiger partial charge in [-0.1, -0.05) is 18.6 Å². The van der Waals surface area contributed by atoms with E-state index >= 15 is 0 Å². The van der Waals surface area contributed by atoms with Gasteiger partial charge in [-0.3, -0.25) is 0 Å². The second kappa shape index (κ2) is 9.31. The van der Waals surface area contributed by atoms with Gasteiger partial charge in [0.05, 0.1) is 0 Å². The highest BCUT2D eigenvalue weighted by atomic mass is 19.1. The van der Waals surface area contributed by atoms with E-state index in [2.05, 4.69) is 30.4 Å². The van der Waals surface area contributed by atoms with E-state index in [0.717, 1.165) is 49.1 Å². The summed E-state index contributed by atoms with van der Waals surface area (Å²) in [5.74, 6) is 2.55. The molecule has 0 saturated heterocycles. The molecule has 0 aliphatic carbocycles. The van der Waals surface area contributed by atoms with Gasteiger partial charge < -0.3 is 15.2 Å². The second-order valence-electron chi connectivity index (χ2n) is 6.50. The lowest BCUT2D eigenvalue weighted by molar-refractivity contribution is 0.605. The topological polar surface area (TPSA) is 67.1 Å². The lowest BCUT2D eigenvalue weighted by Crippen LogP contribution is -2.38. The molecule has 7 heteroatoms. The molecule has 0 atom stereocenters. The fourth-order valence-corrected chi connectivity index (χ4v) is 3.17. The number of benzene rings is 1. The van der Waals surface area contributed by atoms with E-state index in [0.29, 0.717) is 13.1 Å². The first kappa shape index (κ1) is 18.4. The highest BCUT2D eigenvalue weighted by Crippen LogP contribution is 2.14. The number of aryl methyl sites for hydroxylation is 1. The first-order chi connectivity index (χ1) is 12.8. The number of guanidine groups is 1. The lowest BCUT2D eigenvalue weighted by atomic mass is 10.1. The lowest BCUT2D eigenvalue weighted by Gasteiger charge is -2.11. The maximum absolute atomic E-state index is 13.2. The van der Waals surface area contributed by atoms with E-state index in [-0.39, 0.29) is 5.82 Å². The Hall–Kier alpha value is -2.44. The zero-order chi connectivity index (χ0) is 18.2. The van der Waals surface area contributed by atoms with Crippen molar-refractivity contribution in [1.82, 2.24) is 25.4 Å². The summed E-state index contributed by atoms with van der Waals surface area (Å²) in [6.45, 7) is 4.99. The van der Waals surface area contributed by atoms with Gasteiger partial charge in [-0.05, 0) is 43.9 Å². The fraction of sp³-hybridized carbons (Fsp3) is 0.526. The molecule has 1 aliphatic heterocycles. The SMILES string of the molecule is CCNC(=NCc1nnc2n1CCCCC2)NCCc1cccc(F)c1. The summed E-state index contributed by atoms with van der Waals surface area (Å²) in [4.78, 5) is 4.64. The van der Waals surface area contributed by atoms with E-state index in [4.69, 9.17) is 0 Å². The summed E-state index contributed by atoms with van der Waals surface area (Å²) >= 11 is 0. The van der Waals surface area contributed by atoms with Gasteiger partial charge in [0.15, 0.2) is 11.8 Å². The monoisotopic (exact) mass is 358 g/mol. The molecule has 0 saturated carbocycles. The molecule has 6 nitrogen and oxygen atoms in total. The third-order valence-corrected chi connectivity index (χ3v) is 4.50. The Morgan fingerprint density at radius 2 is 2.15 bits per heavy atom. The zero-order valence-electron chi connectivity index (χ0n) is 15.3. The van der Waals surface area contributed by atoms with Crippen molar-refractivity contribution in [2.24, 2.45) is 4.99 Å². The Morgan fingerprint density at radius 3 is 3.00 bits per heavy atom. The molecule has 2 N–H and O–H groups in total. The van der Waals surface area contributed by atoms with Crippen LogP contribution in [0.15, 0.2) is 29.3 Å². The quantitative estimate of drug-likeness (QED) is 0.615. The summed E-state index contributed by atoms with van der Waals surface area (Å²) in [5.41, 5.74) is 0.969. The average molecular weight is 358 g/mol. The molecule has 1 aromatic carbocycles. The van der Waals surface area contributed by atoms with Gasteiger partial charge in [-0.2, -0.15) is 0 Å². The molecule has 0 radical (unpaired) electrons. The highest BCUT2D eigenvalue weighted by molar-refractivity contribution is 5.79. The normalized spacial score (nSPS) is 14.6. The Morgan fingerprint density at radius 1 is 1.23 bits per heavy atom. The van der Waals surface area contributed by atoms with Crippen molar-refractivity contribution in [3.05, 3.63) is 47.3 Å². The minimum atomic E-state index is -0.199. The third kappa shape index (κ3) is 5.03. The van der Waals surface area contributed by atoms with E-state index in [1.54, 1.807) is 12.1 Å². The molecular formula is C19H27FN6. The van der Waals surface area contributed by atoms with Crippen LogP contribution in [0.1, 0.15) is 43.4 Å². The van der Waals surface area contributed by atoms with Gasteiger partial charge in [-0.15, -0.1) is 10.2 Å². The molecule has 0 amide bonds. The maximum Gasteiger partial charge on any atom is 0.191 e. The van der Waals surface area contributed by atoms with Crippen LogP contribution >= 0.6 is 0 Å². The van der Waals surface area contributed by atoms with Crippen molar-refractivity contribution in [2.45, 2.75) is 52.1 Å².